The molecule has 2 heterocycles. The van der Waals surface area contributed by atoms with Gasteiger partial charge in [0.2, 0.25) is 0 Å². The molecule has 0 saturated carbocycles. The van der Waals surface area contributed by atoms with Gasteiger partial charge in [-0.2, -0.15) is 0 Å². The highest BCUT2D eigenvalue weighted by Crippen LogP contribution is 2.23. The molecule has 0 saturated heterocycles. The fraction of sp³-hybridized carbons (Fsp3) is 0.333. The molecule has 0 atom stereocenters. The number of pyridine rings is 2. The molecule has 0 unspecified atom stereocenters. The van der Waals surface area contributed by atoms with E-state index in [9.17, 15) is 0 Å². The van der Waals surface area contributed by atoms with Crippen LogP contribution in [-0.4, -0.2) is 33.4 Å². The number of hydrogen-bond donors (Lipinski definition) is 2. The van der Waals surface area contributed by atoms with Crippen molar-refractivity contribution >= 4 is 21.8 Å². The summed E-state index contributed by atoms with van der Waals surface area (Å²) in [4.78, 5) is 9.48. The molecule has 114 valence electrons. The van der Waals surface area contributed by atoms with E-state index in [1.165, 1.54) is 0 Å². The Bertz CT molecular complexity index is 720. The van der Waals surface area contributed by atoms with Gasteiger partial charge >= 0.3 is 0 Å². The summed E-state index contributed by atoms with van der Waals surface area (Å²) in [6.45, 7) is 0.359. The van der Waals surface area contributed by atoms with Crippen molar-refractivity contribution in [2.75, 3.05) is 13.2 Å². The van der Waals surface area contributed by atoms with Crippen LogP contribution in [0.2, 0.25) is 0 Å². The molecular formula is C18H20N2O2. The summed E-state index contributed by atoms with van der Waals surface area (Å²) >= 11 is 0. The Morgan fingerprint density at radius 1 is 0.636 bits per heavy atom. The second kappa shape index (κ2) is 6.81. The quantitative estimate of drug-likeness (QED) is 0.686. The van der Waals surface area contributed by atoms with Crippen LogP contribution in [0, 0.1) is 0 Å². The first-order chi connectivity index (χ1) is 10.8. The number of fused-ring (bicyclic) bond motifs is 3. The molecule has 3 rings (SSSR count). The molecule has 0 spiro atoms. The minimum absolute atomic E-state index is 0.179. The maximum atomic E-state index is 8.97. The number of nitrogens with zero attached hydrogens (tertiary/aromatic N) is 2. The summed E-state index contributed by atoms with van der Waals surface area (Å²) in [7, 11) is 0. The number of aryl methyl sites for hydroxylation is 2. The predicted molar refractivity (Wildman–Crippen MR) is 87.9 cm³/mol. The summed E-state index contributed by atoms with van der Waals surface area (Å²) in [6.07, 6.45) is 2.98. The Kier molecular flexibility index (Phi) is 4.61. The van der Waals surface area contributed by atoms with Gasteiger partial charge in [0, 0.05) is 35.4 Å². The van der Waals surface area contributed by atoms with Crippen molar-refractivity contribution < 1.29 is 10.2 Å². The number of benzene rings is 1. The maximum Gasteiger partial charge on any atom is 0.0967 e. The molecule has 0 aliphatic carbocycles. The maximum absolute atomic E-state index is 8.97. The van der Waals surface area contributed by atoms with Crippen molar-refractivity contribution in [1.29, 1.82) is 0 Å². The Labute approximate surface area is 129 Å². The molecule has 0 amide bonds. The standard InChI is InChI=1S/C18H20N2O2/c21-11-1-3-15-9-7-13-5-6-14-8-10-16(4-2-12-22)20-18(14)17(13)19-15/h5-10,21-22H,1-4,11-12H2. The van der Waals surface area contributed by atoms with Crippen LogP contribution in [0.15, 0.2) is 36.4 Å². The number of rotatable bonds is 6. The van der Waals surface area contributed by atoms with Gasteiger partial charge < -0.3 is 10.2 Å². The van der Waals surface area contributed by atoms with Gasteiger partial charge in [0.25, 0.3) is 0 Å². The van der Waals surface area contributed by atoms with Crippen molar-refractivity contribution in [1.82, 2.24) is 9.97 Å². The lowest BCUT2D eigenvalue weighted by Crippen LogP contribution is -1.97. The van der Waals surface area contributed by atoms with Crippen molar-refractivity contribution in [3.8, 4) is 0 Å². The van der Waals surface area contributed by atoms with Gasteiger partial charge in [-0.1, -0.05) is 24.3 Å². The van der Waals surface area contributed by atoms with Crippen LogP contribution in [-0.2, 0) is 12.8 Å². The Hall–Kier alpha value is -2.04. The van der Waals surface area contributed by atoms with E-state index in [1.807, 2.05) is 12.1 Å². The van der Waals surface area contributed by atoms with Crippen molar-refractivity contribution in [2.45, 2.75) is 25.7 Å². The molecule has 0 bridgehead atoms. The normalized spacial score (nSPS) is 11.4. The molecule has 0 aliphatic rings. The molecule has 2 aromatic heterocycles. The first-order valence-corrected chi connectivity index (χ1v) is 7.72. The van der Waals surface area contributed by atoms with Crippen LogP contribution in [0.3, 0.4) is 0 Å². The highest BCUT2D eigenvalue weighted by molar-refractivity contribution is 6.02. The predicted octanol–water partition coefficient (Wildman–Crippen LogP) is 2.63. The highest BCUT2D eigenvalue weighted by atomic mass is 16.3. The minimum Gasteiger partial charge on any atom is -0.396 e. The zero-order valence-electron chi connectivity index (χ0n) is 12.5. The first-order valence-electron chi connectivity index (χ1n) is 7.72. The Balaban J connectivity index is 2.09. The monoisotopic (exact) mass is 296 g/mol. The lowest BCUT2D eigenvalue weighted by atomic mass is 10.1. The van der Waals surface area contributed by atoms with Crippen LogP contribution in [0.4, 0.5) is 0 Å². The highest BCUT2D eigenvalue weighted by Gasteiger charge is 2.06. The SMILES string of the molecule is OCCCc1ccc2ccc3ccc(CCCO)nc3c2n1. The van der Waals surface area contributed by atoms with E-state index >= 15 is 0 Å². The second-order valence-electron chi connectivity index (χ2n) is 5.47. The van der Waals surface area contributed by atoms with E-state index < -0.39 is 0 Å². The molecule has 0 aliphatic heterocycles. The lowest BCUT2D eigenvalue weighted by molar-refractivity contribution is 0.288. The average molecular weight is 296 g/mol. The summed E-state index contributed by atoms with van der Waals surface area (Å²) in [5, 5.41) is 20.1. The van der Waals surface area contributed by atoms with E-state index in [4.69, 9.17) is 20.2 Å². The summed E-state index contributed by atoms with van der Waals surface area (Å²) < 4.78 is 0. The van der Waals surface area contributed by atoms with Gasteiger partial charge in [0.05, 0.1) is 11.0 Å². The molecule has 3 aromatic rings. The largest absolute Gasteiger partial charge is 0.396 e. The van der Waals surface area contributed by atoms with E-state index in [0.717, 1.165) is 58.9 Å². The van der Waals surface area contributed by atoms with Gasteiger partial charge in [-0.3, -0.25) is 9.97 Å². The summed E-state index contributed by atoms with van der Waals surface area (Å²) in [5.41, 5.74) is 3.80. The van der Waals surface area contributed by atoms with Crippen LogP contribution in [0.25, 0.3) is 21.8 Å². The van der Waals surface area contributed by atoms with Crippen LogP contribution in [0.1, 0.15) is 24.2 Å². The van der Waals surface area contributed by atoms with Gasteiger partial charge in [0.15, 0.2) is 0 Å². The summed E-state index contributed by atoms with van der Waals surface area (Å²) in [5.74, 6) is 0. The topological polar surface area (TPSA) is 66.2 Å². The van der Waals surface area contributed by atoms with Crippen LogP contribution >= 0.6 is 0 Å². The molecule has 0 radical (unpaired) electrons. The Morgan fingerprint density at radius 2 is 1.05 bits per heavy atom. The molecule has 2 N–H and O–H groups in total. The fourth-order valence-corrected chi connectivity index (χ4v) is 2.65. The number of aromatic nitrogens is 2. The van der Waals surface area contributed by atoms with Crippen LogP contribution in [0.5, 0.6) is 0 Å². The van der Waals surface area contributed by atoms with E-state index in [2.05, 4.69) is 24.3 Å². The van der Waals surface area contributed by atoms with Crippen molar-refractivity contribution in [3.05, 3.63) is 47.8 Å². The van der Waals surface area contributed by atoms with Crippen molar-refractivity contribution in [2.24, 2.45) is 0 Å². The average Bonchev–Trinajstić information content (AvgIpc) is 2.57. The van der Waals surface area contributed by atoms with E-state index in [0.29, 0.717) is 0 Å². The van der Waals surface area contributed by atoms with Crippen molar-refractivity contribution in [3.63, 3.8) is 0 Å². The number of aliphatic hydroxyl groups is 2. The van der Waals surface area contributed by atoms with Gasteiger partial charge in [-0.25, -0.2) is 0 Å². The van der Waals surface area contributed by atoms with Gasteiger partial charge in [-0.05, 0) is 37.8 Å². The Morgan fingerprint density at radius 3 is 1.45 bits per heavy atom. The van der Waals surface area contributed by atoms with Gasteiger partial charge in [-0.15, -0.1) is 0 Å². The zero-order chi connectivity index (χ0) is 15.4. The molecular weight excluding hydrogens is 276 g/mol. The molecule has 0 fully saturated rings. The smallest absolute Gasteiger partial charge is 0.0967 e. The first kappa shape index (κ1) is 14.9. The molecule has 4 heteroatoms. The molecule has 4 nitrogen and oxygen atoms in total. The third-order valence-corrected chi connectivity index (χ3v) is 3.82. The van der Waals surface area contributed by atoms with Gasteiger partial charge in [0.1, 0.15) is 0 Å². The third-order valence-electron chi connectivity index (χ3n) is 3.82. The van der Waals surface area contributed by atoms with E-state index in [-0.39, 0.29) is 13.2 Å². The molecule has 1 aromatic carbocycles. The molecule has 22 heavy (non-hydrogen) atoms. The summed E-state index contributed by atoms with van der Waals surface area (Å²) in [6, 6.07) is 12.3. The van der Waals surface area contributed by atoms with E-state index in [1.54, 1.807) is 0 Å². The fourth-order valence-electron chi connectivity index (χ4n) is 2.65. The number of aliphatic hydroxyl groups excluding tert-OH is 2. The zero-order valence-corrected chi connectivity index (χ0v) is 12.5. The minimum atomic E-state index is 0.179. The number of hydrogen-bond acceptors (Lipinski definition) is 4. The third kappa shape index (κ3) is 3.08. The second-order valence-corrected chi connectivity index (χ2v) is 5.47. The van der Waals surface area contributed by atoms with Crippen LogP contribution < -0.4 is 0 Å². The lowest BCUT2D eigenvalue weighted by Gasteiger charge is -2.07.